The third kappa shape index (κ3) is 4.83. The second-order valence-electron chi connectivity index (χ2n) is 6.35. The summed E-state index contributed by atoms with van der Waals surface area (Å²) in [6.07, 6.45) is -4.56. The Morgan fingerprint density at radius 2 is 1.61 bits per heavy atom. The Morgan fingerprint density at radius 3 is 2.26 bits per heavy atom. The van der Waals surface area contributed by atoms with Crippen LogP contribution in [0.25, 0.3) is 22.6 Å². The van der Waals surface area contributed by atoms with Crippen molar-refractivity contribution in [3.63, 3.8) is 0 Å². The van der Waals surface area contributed by atoms with Gasteiger partial charge in [-0.2, -0.15) is 18.2 Å². The summed E-state index contributed by atoms with van der Waals surface area (Å²) >= 11 is 6.29. The van der Waals surface area contributed by atoms with Crippen molar-refractivity contribution in [1.29, 1.82) is 0 Å². The smallest absolute Gasteiger partial charge is 0.307 e. The van der Waals surface area contributed by atoms with Gasteiger partial charge >= 0.3 is 6.18 Å². The molecule has 0 bridgehead atoms. The number of hydrogen-bond acceptors (Lipinski definition) is 5. The Bertz CT molecular complexity index is 1210. The lowest BCUT2D eigenvalue weighted by atomic mass is 10.1. The molecule has 0 atom stereocenters. The van der Waals surface area contributed by atoms with Crippen LogP contribution in [-0.2, 0) is 6.18 Å². The van der Waals surface area contributed by atoms with Crippen LogP contribution in [0.5, 0.6) is 0 Å². The maximum absolute atomic E-state index is 13.6. The van der Waals surface area contributed by atoms with Gasteiger partial charge in [0.25, 0.3) is 0 Å². The lowest BCUT2D eigenvalue weighted by molar-refractivity contribution is -0.137. The van der Waals surface area contributed by atoms with E-state index in [2.05, 4.69) is 30.5 Å². The number of halogens is 4. The number of nitrogens with zero attached hydrogens (tertiary/aromatic N) is 4. The molecule has 160 valence electrons. The average molecular weight is 447 g/mol. The summed E-state index contributed by atoms with van der Waals surface area (Å²) in [6, 6.07) is 13.6. The first-order valence-corrected chi connectivity index (χ1v) is 9.15. The fourth-order valence-electron chi connectivity index (χ4n) is 2.88. The SMILES string of the molecule is C.Cc1nc(Nc2cc(-c3ccccc3Cl)nc(-c3ccccc3C(F)(F)F)n2)n[nH]1. The van der Waals surface area contributed by atoms with Gasteiger partial charge in [0.05, 0.1) is 11.3 Å². The van der Waals surface area contributed by atoms with Crippen LogP contribution in [0, 0.1) is 6.92 Å². The van der Waals surface area contributed by atoms with E-state index in [1.807, 2.05) is 0 Å². The van der Waals surface area contributed by atoms with Gasteiger partial charge in [-0.1, -0.05) is 55.4 Å². The van der Waals surface area contributed by atoms with Gasteiger partial charge in [0.2, 0.25) is 5.95 Å². The monoisotopic (exact) mass is 446 g/mol. The Kier molecular flexibility index (Phi) is 6.26. The summed E-state index contributed by atoms with van der Waals surface area (Å²) in [5.41, 5.74) is -0.0621. The third-order valence-corrected chi connectivity index (χ3v) is 4.52. The molecule has 2 aromatic carbocycles. The number of hydrogen-bond donors (Lipinski definition) is 2. The van der Waals surface area contributed by atoms with Gasteiger partial charge in [-0.25, -0.2) is 9.97 Å². The first-order chi connectivity index (χ1) is 14.3. The van der Waals surface area contributed by atoms with Crippen LogP contribution in [0.4, 0.5) is 24.9 Å². The van der Waals surface area contributed by atoms with Gasteiger partial charge < -0.3 is 5.32 Å². The van der Waals surface area contributed by atoms with Crippen LogP contribution in [0.15, 0.2) is 54.6 Å². The number of alkyl halides is 3. The molecule has 0 radical (unpaired) electrons. The van der Waals surface area contributed by atoms with Crippen molar-refractivity contribution in [3.05, 3.63) is 71.0 Å². The summed E-state index contributed by atoms with van der Waals surface area (Å²) in [6.45, 7) is 1.72. The molecule has 10 heteroatoms. The van der Waals surface area contributed by atoms with E-state index >= 15 is 0 Å². The van der Waals surface area contributed by atoms with Crippen molar-refractivity contribution >= 4 is 23.4 Å². The number of rotatable bonds is 4. The van der Waals surface area contributed by atoms with Gasteiger partial charge in [0, 0.05) is 22.2 Å². The molecule has 0 amide bonds. The lowest BCUT2D eigenvalue weighted by Crippen LogP contribution is -2.09. The molecule has 2 aromatic heterocycles. The standard InChI is InChI=1S/C20H14ClF3N6.CH4/c1-11-25-19(30-29-11)28-17-10-16(13-7-3-5-9-15(13)21)26-18(27-17)12-6-2-4-8-14(12)20(22,23)24;/h2-10H,1H3,(H2,25,26,27,28,29,30);1H4. The second kappa shape index (κ2) is 8.73. The molecule has 0 saturated heterocycles. The highest BCUT2D eigenvalue weighted by Gasteiger charge is 2.34. The van der Waals surface area contributed by atoms with Crippen molar-refractivity contribution in [1.82, 2.24) is 25.1 Å². The molecule has 4 rings (SSSR count). The Balaban J connectivity index is 0.00000272. The molecule has 6 nitrogen and oxygen atoms in total. The maximum Gasteiger partial charge on any atom is 0.417 e. The average Bonchev–Trinajstić information content (AvgIpc) is 3.12. The second-order valence-corrected chi connectivity index (χ2v) is 6.76. The van der Waals surface area contributed by atoms with E-state index in [1.54, 1.807) is 37.3 Å². The van der Waals surface area contributed by atoms with Crippen LogP contribution >= 0.6 is 11.6 Å². The molecular weight excluding hydrogens is 429 g/mol. The number of anilines is 2. The van der Waals surface area contributed by atoms with Gasteiger partial charge in [-0.05, 0) is 19.1 Å². The quantitative estimate of drug-likeness (QED) is 0.385. The fraction of sp³-hybridized carbons (Fsp3) is 0.143. The van der Waals surface area contributed by atoms with Crippen molar-refractivity contribution in [2.75, 3.05) is 5.32 Å². The van der Waals surface area contributed by atoms with Crippen molar-refractivity contribution in [3.8, 4) is 22.6 Å². The van der Waals surface area contributed by atoms with Crippen molar-refractivity contribution in [2.24, 2.45) is 0 Å². The Morgan fingerprint density at radius 1 is 0.935 bits per heavy atom. The van der Waals surface area contributed by atoms with Gasteiger partial charge in [0.1, 0.15) is 11.6 Å². The number of nitrogens with one attached hydrogen (secondary N) is 2. The highest BCUT2D eigenvalue weighted by atomic mass is 35.5. The first-order valence-electron chi connectivity index (χ1n) is 8.78. The van der Waals surface area contributed by atoms with Crippen LogP contribution in [0.3, 0.4) is 0 Å². The van der Waals surface area contributed by atoms with E-state index in [4.69, 9.17) is 11.6 Å². The van der Waals surface area contributed by atoms with Crippen LogP contribution in [0.1, 0.15) is 18.8 Å². The zero-order valence-electron chi connectivity index (χ0n) is 15.5. The number of aryl methyl sites for hydroxylation is 1. The lowest BCUT2D eigenvalue weighted by Gasteiger charge is -2.14. The van der Waals surface area contributed by atoms with Crippen LogP contribution < -0.4 is 5.32 Å². The highest BCUT2D eigenvalue weighted by Crippen LogP contribution is 2.37. The molecule has 4 aromatic rings. The molecular formula is C21H18ClF3N6. The minimum Gasteiger partial charge on any atom is -0.307 e. The molecule has 2 heterocycles. The normalized spacial score (nSPS) is 11.1. The maximum atomic E-state index is 13.6. The van der Waals surface area contributed by atoms with Gasteiger partial charge in [-0.15, -0.1) is 5.10 Å². The summed E-state index contributed by atoms with van der Waals surface area (Å²) in [5, 5.41) is 9.96. The van der Waals surface area contributed by atoms with E-state index in [1.165, 1.54) is 18.2 Å². The minimum absolute atomic E-state index is 0. The molecule has 0 saturated carbocycles. The minimum atomic E-state index is -4.56. The topological polar surface area (TPSA) is 79.4 Å². The molecule has 0 spiro atoms. The fourth-order valence-corrected chi connectivity index (χ4v) is 3.11. The molecule has 0 unspecified atom stereocenters. The van der Waals surface area contributed by atoms with E-state index < -0.39 is 11.7 Å². The molecule has 31 heavy (non-hydrogen) atoms. The largest absolute Gasteiger partial charge is 0.417 e. The van der Waals surface area contributed by atoms with Crippen molar-refractivity contribution < 1.29 is 13.2 Å². The van der Waals surface area contributed by atoms with Gasteiger partial charge in [-0.3, -0.25) is 5.10 Å². The molecule has 0 aliphatic carbocycles. The third-order valence-electron chi connectivity index (χ3n) is 4.19. The molecule has 0 aliphatic heterocycles. The first kappa shape index (κ1) is 22.2. The van der Waals surface area contributed by atoms with Crippen LogP contribution in [-0.4, -0.2) is 25.1 Å². The molecule has 0 fully saturated rings. The summed E-state index contributed by atoms with van der Waals surface area (Å²) < 4.78 is 40.7. The van der Waals surface area contributed by atoms with E-state index in [9.17, 15) is 13.2 Å². The summed E-state index contributed by atoms with van der Waals surface area (Å²) in [4.78, 5) is 12.8. The Labute approximate surface area is 181 Å². The van der Waals surface area contributed by atoms with E-state index in [-0.39, 0.29) is 30.6 Å². The predicted molar refractivity (Wildman–Crippen MR) is 114 cm³/mol. The number of aromatic nitrogens is 5. The van der Waals surface area contributed by atoms with Gasteiger partial charge in [0.15, 0.2) is 5.82 Å². The van der Waals surface area contributed by atoms with Crippen LogP contribution in [0.2, 0.25) is 5.02 Å². The van der Waals surface area contributed by atoms with Crippen molar-refractivity contribution in [2.45, 2.75) is 20.5 Å². The van der Waals surface area contributed by atoms with E-state index in [0.717, 1.165) is 6.07 Å². The summed E-state index contributed by atoms with van der Waals surface area (Å²) in [7, 11) is 0. The highest BCUT2D eigenvalue weighted by molar-refractivity contribution is 6.33. The number of aromatic amines is 1. The molecule has 2 N–H and O–H groups in total. The predicted octanol–water partition coefficient (Wildman–Crippen LogP) is 6.29. The summed E-state index contributed by atoms with van der Waals surface area (Å²) in [5.74, 6) is 0.924. The number of benzene rings is 2. The number of H-pyrrole nitrogens is 1. The zero-order chi connectivity index (χ0) is 21.3. The zero-order valence-corrected chi connectivity index (χ0v) is 16.3. The Hall–Kier alpha value is -3.46. The molecule has 0 aliphatic rings. The van der Waals surface area contributed by atoms with E-state index in [0.29, 0.717) is 22.1 Å².